The predicted octanol–water partition coefficient (Wildman–Crippen LogP) is 3.40. The number of hydrogen-bond donors (Lipinski definition) is 2. The first-order chi connectivity index (χ1) is 9.71. The molecule has 0 aliphatic heterocycles. The molecule has 2 rings (SSSR count). The zero-order valence-corrected chi connectivity index (χ0v) is 14.0. The molecule has 2 aromatic rings. The van der Waals surface area contributed by atoms with Crippen LogP contribution < -0.4 is 11.1 Å². The molecule has 3 N–H and O–H groups in total. The molecule has 0 saturated heterocycles. The zero-order valence-electron chi connectivity index (χ0n) is 13.2. The lowest BCUT2D eigenvalue weighted by Gasteiger charge is -2.23. The second-order valence-corrected chi connectivity index (χ2v) is 6.66. The summed E-state index contributed by atoms with van der Waals surface area (Å²) in [5.41, 5.74) is 9.80. The number of nitrogens with two attached hydrogens (primary N) is 1. The molecule has 0 fully saturated rings. The third kappa shape index (κ3) is 3.08. The molecule has 0 saturated carbocycles. The lowest BCUT2D eigenvalue weighted by Crippen LogP contribution is -2.16. The average molecular weight is 302 g/mol. The maximum atomic E-state index is 5.84. The summed E-state index contributed by atoms with van der Waals surface area (Å²) in [4.78, 5) is 0.358. The van der Waals surface area contributed by atoms with Crippen LogP contribution in [0.2, 0.25) is 0 Å². The molecule has 0 aliphatic carbocycles. The monoisotopic (exact) mass is 302 g/mol. The minimum absolute atomic E-state index is 0.0423. The Labute approximate surface area is 131 Å². The van der Waals surface area contributed by atoms with Crippen LogP contribution in [0.1, 0.15) is 37.6 Å². The molecule has 0 radical (unpaired) electrons. The Morgan fingerprint density at radius 1 is 1.29 bits per heavy atom. The minimum Gasteiger partial charge on any atom is -0.389 e. The molecule has 4 nitrogen and oxygen atoms in total. The summed E-state index contributed by atoms with van der Waals surface area (Å²) in [6.45, 7) is 8.48. The van der Waals surface area contributed by atoms with Crippen molar-refractivity contribution in [1.29, 1.82) is 0 Å². The fraction of sp³-hybridized carbons (Fsp3) is 0.375. The van der Waals surface area contributed by atoms with Gasteiger partial charge in [0.25, 0.3) is 0 Å². The molecule has 1 heterocycles. The van der Waals surface area contributed by atoms with Crippen molar-refractivity contribution in [2.24, 2.45) is 12.8 Å². The van der Waals surface area contributed by atoms with Crippen LogP contribution in [-0.4, -0.2) is 14.8 Å². The van der Waals surface area contributed by atoms with Gasteiger partial charge in [-0.15, -0.1) is 0 Å². The highest BCUT2D eigenvalue weighted by atomic mass is 32.1. The van der Waals surface area contributed by atoms with Crippen molar-refractivity contribution in [2.45, 2.75) is 33.1 Å². The maximum Gasteiger partial charge on any atom is 0.138 e. The summed E-state index contributed by atoms with van der Waals surface area (Å²) >= 11 is 5.16. The van der Waals surface area contributed by atoms with Crippen molar-refractivity contribution in [3.63, 3.8) is 0 Å². The van der Waals surface area contributed by atoms with Crippen molar-refractivity contribution >= 4 is 28.7 Å². The van der Waals surface area contributed by atoms with Gasteiger partial charge in [0.15, 0.2) is 0 Å². The standard InChI is InChI=1S/C16H22N4S/c1-10-13(14(17)21)15(20(5)19-10)18-12-9-7-6-8-11(12)16(2,3)4/h6-9,18H,1-5H3,(H2,17,21). The number of para-hydroxylation sites is 1. The van der Waals surface area contributed by atoms with Crippen molar-refractivity contribution in [3.05, 3.63) is 41.1 Å². The molecule has 21 heavy (non-hydrogen) atoms. The number of benzene rings is 1. The fourth-order valence-corrected chi connectivity index (χ4v) is 2.71. The van der Waals surface area contributed by atoms with Gasteiger partial charge in [-0.1, -0.05) is 51.2 Å². The van der Waals surface area contributed by atoms with Gasteiger partial charge in [0.1, 0.15) is 10.8 Å². The Balaban J connectivity index is 2.52. The van der Waals surface area contributed by atoms with Crippen molar-refractivity contribution in [3.8, 4) is 0 Å². The van der Waals surface area contributed by atoms with Gasteiger partial charge < -0.3 is 11.1 Å². The molecule has 112 valence electrons. The summed E-state index contributed by atoms with van der Waals surface area (Å²) in [7, 11) is 1.89. The molecule has 0 atom stereocenters. The number of thiocarbonyl (C=S) groups is 1. The molecule has 0 bridgehead atoms. The quantitative estimate of drug-likeness (QED) is 0.853. The fourth-order valence-electron chi connectivity index (χ4n) is 2.47. The number of rotatable bonds is 3. The first-order valence-corrected chi connectivity index (χ1v) is 7.32. The third-order valence-electron chi connectivity index (χ3n) is 3.46. The number of hydrogen-bond acceptors (Lipinski definition) is 3. The summed E-state index contributed by atoms with van der Waals surface area (Å²) in [5, 5.41) is 7.86. The highest BCUT2D eigenvalue weighted by Crippen LogP contribution is 2.32. The van der Waals surface area contributed by atoms with Gasteiger partial charge in [-0.3, -0.25) is 4.68 Å². The van der Waals surface area contributed by atoms with Crippen LogP contribution in [0.25, 0.3) is 0 Å². The molecule has 0 unspecified atom stereocenters. The third-order valence-corrected chi connectivity index (χ3v) is 3.66. The van der Waals surface area contributed by atoms with Crippen molar-refractivity contribution in [2.75, 3.05) is 5.32 Å². The van der Waals surface area contributed by atoms with E-state index in [1.807, 2.05) is 20.0 Å². The van der Waals surface area contributed by atoms with E-state index >= 15 is 0 Å². The zero-order chi connectivity index (χ0) is 15.8. The lowest BCUT2D eigenvalue weighted by molar-refractivity contribution is 0.592. The van der Waals surface area contributed by atoms with Gasteiger partial charge in [-0.25, -0.2) is 0 Å². The van der Waals surface area contributed by atoms with E-state index in [9.17, 15) is 0 Å². The number of nitrogens with one attached hydrogen (secondary N) is 1. The van der Waals surface area contributed by atoms with Crippen LogP contribution in [0.15, 0.2) is 24.3 Å². The van der Waals surface area contributed by atoms with E-state index in [1.165, 1.54) is 5.56 Å². The van der Waals surface area contributed by atoms with Gasteiger partial charge in [0.2, 0.25) is 0 Å². The Morgan fingerprint density at radius 2 is 1.90 bits per heavy atom. The van der Waals surface area contributed by atoms with Crippen LogP contribution >= 0.6 is 12.2 Å². The Morgan fingerprint density at radius 3 is 2.48 bits per heavy atom. The summed E-state index contributed by atoms with van der Waals surface area (Å²) in [6.07, 6.45) is 0. The van der Waals surface area contributed by atoms with Gasteiger partial charge >= 0.3 is 0 Å². The Hall–Kier alpha value is -1.88. The maximum absolute atomic E-state index is 5.84. The van der Waals surface area contributed by atoms with Crippen LogP contribution in [0.3, 0.4) is 0 Å². The molecule has 1 aromatic heterocycles. The van der Waals surface area contributed by atoms with E-state index in [0.717, 1.165) is 22.8 Å². The highest BCUT2D eigenvalue weighted by molar-refractivity contribution is 7.80. The first kappa shape index (κ1) is 15.5. The average Bonchev–Trinajstić information content (AvgIpc) is 2.63. The van der Waals surface area contributed by atoms with Crippen LogP contribution in [-0.2, 0) is 12.5 Å². The molecule has 1 aromatic carbocycles. The number of aryl methyl sites for hydroxylation is 2. The summed E-state index contributed by atoms with van der Waals surface area (Å²) in [5.74, 6) is 0.830. The first-order valence-electron chi connectivity index (χ1n) is 6.91. The SMILES string of the molecule is Cc1nn(C)c(Nc2ccccc2C(C)(C)C)c1C(N)=S. The summed E-state index contributed by atoms with van der Waals surface area (Å²) < 4.78 is 1.78. The van der Waals surface area contributed by atoms with E-state index in [2.05, 4.69) is 49.4 Å². The van der Waals surface area contributed by atoms with E-state index in [0.29, 0.717) is 4.99 Å². The number of nitrogens with zero attached hydrogens (tertiary/aromatic N) is 2. The van der Waals surface area contributed by atoms with Gasteiger partial charge in [0.05, 0.1) is 11.3 Å². The lowest BCUT2D eigenvalue weighted by atomic mass is 9.86. The largest absolute Gasteiger partial charge is 0.389 e. The van der Waals surface area contributed by atoms with Crippen LogP contribution in [0.5, 0.6) is 0 Å². The molecule has 0 amide bonds. The number of aromatic nitrogens is 2. The van der Waals surface area contributed by atoms with Crippen LogP contribution in [0, 0.1) is 6.92 Å². The molecular weight excluding hydrogens is 280 g/mol. The Kier molecular flexibility index (Phi) is 4.05. The van der Waals surface area contributed by atoms with Crippen molar-refractivity contribution in [1.82, 2.24) is 9.78 Å². The van der Waals surface area contributed by atoms with Gasteiger partial charge in [-0.2, -0.15) is 5.10 Å². The van der Waals surface area contributed by atoms with E-state index in [1.54, 1.807) is 4.68 Å². The normalized spacial score (nSPS) is 11.5. The molecule has 0 spiro atoms. The van der Waals surface area contributed by atoms with Crippen LogP contribution in [0.4, 0.5) is 11.5 Å². The van der Waals surface area contributed by atoms with Gasteiger partial charge in [-0.05, 0) is 24.0 Å². The summed E-state index contributed by atoms with van der Waals surface area (Å²) in [6, 6.07) is 8.26. The topological polar surface area (TPSA) is 55.9 Å². The van der Waals surface area contributed by atoms with Gasteiger partial charge in [0, 0.05) is 12.7 Å². The van der Waals surface area contributed by atoms with Crippen molar-refractivity contribution < 1.29 is 0 Å². The minimum atomic E-state index is 0.0423. The van der Waals surface area contributed by atoms with E-state index < -0.39 is 0 Å². The van der Waals surface area contributed by atoms with E-state index in [4.69, 9.17) is 18.0 Å². The smallest absolute Gasteiger partial charge is 0.138 e. The second kappa shape index (κ2) is 5.48. The second-order valence-electron chi connectivity index (χ2n) is 6.22. The molecule has 0 aliphatic rings. The predicted molar refractivity (Wildman–Crippen MR) is 92.3 cm³/mol. The Bertz CT molecular complexity index is 680. The molecule has 5 heteroatoms. The highest BCUT2D eigenvalue weighted by Gasteiger charge is 2.20. The molecular formula is C16H22N4S. The number of anilines is 2. The van der Waals surface area contributed by atoms with E-state index in [-0.39, 0.29) is 5.41 Å².